The molecule has 0 saturated carbocycles. The molecule has 3 N–H and O–H groups in total. The maximum Gasteiger partial charge on any atom is 0.132 e. The van der Waals surface area contributed by atoms with Crippen LogP contribution in [-0.2, 0) is 0 Å². The van der Waals surface area contributed by atoms with Crippen molar-refractivity contribution in [2.75, 3.05) is 18.8 Å². The Kier molecular flexibility index (Phi) is 8.67. The van der Waals surface area contributed by atoms with Crippen LogP contribution in [0.5, 0.6) is 0 Å². The molecule has 0 radical (unpaired) electrons. The van der Waals surface area contributed by atoms with Crippen LogP contribution < -0.4 is 11.1 Å². The topological polar surface area (TPSA) is 81.6 Å². The lowest BCUT2D eigenvalue weighted by Crippen LogP contribution is -2.13. The minimum atomic E-state index is -0.364. The second-order valence-corrected chi connectivity index (χ2v) is 7.56. The number of rotatable bonds is 3. The van der Waals surface area contributed by atoms with Crippen LogP contribution in [0.15, 0.2) is 49.1 Å². The number of nitrogens with zero attached hydrogens (tertiary/aromatic N) is 4. The Hall–Kier alpha value is -2.16. The number of nitrogen functional groups attached to an aromatic ring is 1. The van der Waals surface area contributed by atoms with Crippen molar-refractivity contribution >= 4 is 65.4 Å². The van der Waals surface area contributed by atoms with Crippen LogP contribution in [0.4, 0.5) is 10.2 Å². The molecule has 4 heterocycles. The number of fused-ring (bicyclic) bond motifs is 1. The van der Waals surface area contributed by atoms with E-state index in [1.54, 1.807) is 12.3 Å². The fraction of sp³-hybridized carbons (Fsp3) is 0.190. The number of anilines is 1. The van der Waals surface area contributed by atoms with E-state index in [9.17, 15) is 4.39 Å². The Morgan fingerprint density at radius 1 is 1.03 bits per heavy atom. The number of benzene rings is 1. The van der Waals surface area contributed by atoms with Gasteiger partial charge in [-0.2, -0.15) is 5.10 Å². The summed E-state index contributed by atoms with van der Waals surface area (Å²) in [7, 11) is 0. The van der Waals surface area contributed by atoms with Gasteiger partial charge in [-0.25, -0.2) is 9.37 Å². The van der Waals surface area contributed by atoms with E-state index in [2.05, 4.69) is 20.4 Å². The van der Waals surface area contributed by atoms with Crippen LogP contribution in [-0.4, -0.2) is 32.8 Å². The van der Waals surface area contributed by atoms with Gasteiger partial charge < -0.3 is 11.1 Å². The third-order valence-electron chi connectivity index (χ3n) is 5.33. The Balaban J connectivity index is 0.00000121. The number of hydrogen-bond acceptors (Lipinski definition) is 5. The molecular formula is C21H21Cl4FN6. The summed E-state index contributed by atoms with van der Waals surface area (Å²) in [6.45, 7) is 1.93. The Morgan fingerprint density at radius 2 is 1.84 bits per heavy atom. The first-order chi connectivity index (χ1) is 14.1. The quantitative estimate of drug-likeness (QED) is 0.383. The van der Waals surface area contributed by atoms with Crippen molar-refractivity contribution in [2.45, 2.75) is 12.5 Å². The molecular weight excluding hydrogens is 497 g/mol. The summed E-state index contributed by atoms with van der Waals surface area (Å²) in [6.07, 6.45) is 8.11. The van der Waals surface area contributed by atoms with Gasteiger partial charge in [0.15, 0.2) is 0 Å². The van der Waals surface area contributed by atoms with Gasteiger partial charge in [-0.15, -0.1) is 37.2 Å². The van der Waals surface area contributed by atoms with Crippen molar-refractivity contribution in [1.82, 2.24) is 25.1 Å². The molecule has 0 aliphatic carbocycles. The van der Waals surface area contributed by atoms with Gasteiger partial charge in [0.25, 0.3) is 0 Å². The predicted octanol–water partition coefficient (Wildman–Crippen LogP) is 5.33. The van der Waals surface area contributed by atoms with Crippen molar-refractivity contribution in [3.8, 4) is 22.4 Å². The molecule has 32 heavy (non-hydrogen) atoms. The Labute approximate surface area is 208 Å². The minimum Gasteiger partial charge on any atom is -0.383 e. The molecule has 1 aliphatic rings. The number of hydrogen-bond donors (Lipinski definition) is 2. The number of nitrogens with one attached hydrogen (secondary N) is 1. The van der Waals surface area contributed by atoms with Crippen molar-refractivity contribution in [2.24, 2.45) is 0 Å². The molecule has 0 spiro atoms. The molecule has 6 nitrogen and oxygen atoms in total. The van der Waals surface area contributed by atoms with Crippen molar-refractivity contribution in [3.63, 3.8) is 0 Å². The predicted molar refractivity (Wildman–Crippen MR) is 134 cm³/mol. The molecule has 0 amide bonds. The lowest BCUT2D eigenvalue weighted by molar-refractivity contribution is 0.491. The molecule has 5 rings (SSSR count). The first-order valence-electron chi connectivity index (χ1n) is 9.35. The minimum absolute atomic E-state index is 0. The van der Waals surface area contributed by atoms with Gasteiger partial charge in [0.2, 0.25) is 0 Å². The van der Waals surface area contributed by atoms with Gasteiger partial charge in [-0.1, -0.05) is 11.6 Å². The zero-order valence-electron chi connectivity index (χ0n) is 16.7. The monoisotopic (exact) mass is 516 g/mol. The highest BCUT2D eigenvalue weighted by Crippen LogP contribution is 2.33. The van der Waals surface area contributed by atoms with Gasteiger partial charge in [-0.05, 0) is 37.2 Å². The molecule has 3 aromatic heterocycles. The summed E-state index contributed by atoms with van der Waals surface area (Å²) in [4.78, 5) is 8.74. The molecule has 1 fully saturated rings. The second kappa shape index (κ2) is 10.6. The zero-order valence-corrected chi connectivity index (χ0v) is 19.9. The van der Waals surface area contributed by atoms with Crippen LogP contribution in [0.25, 0.3) is 33.2 Å². The van der Waals surface area contributed by atoms with Crippen molar-refractivity contribution in [3.05, 3.63) is 59.9 Å². The highest BCUT2D eigenvalue weighted by molar-refractivity contribution is 6.35. The third kappa shape index (κ3) is 4.77. The SMILES string of the molecule is Cl.Cl.Cl.Nc1ncc(-c2cnn([C@H]3CCNC3)c2)cc1-c1cc2c(Cl)ccc(F)c2cn1. The van der Waals surface area contributed by atoms with E-state index >= 15 is 0 Å². The largest absolute Gasteiger partial charge is 0.383 e. The smallest absolute Gasteiger partial charge is 0.132 e. The third-order valence-corrected chi connectivity index (χ3v) is 5.66. The second-order valence-electron chi connectivity index (χ2n) is 7.16. The summed E-state index contributed by atoms with van der Waals surface area (Å²) < 4.78 is 16.0. The van der Waals surface area contributed by atoms with Gasteiger partial charge >= 0.3 is 0 Å². The summed E-state index contributed by atoms with van der Waals surface area (Å²) in [5.74, 6) is -0.0161. The highest BCUT2D eigenvalue weighted by atomic mass is 35.5. The van der Waals surface area contributed by atoms with Crippen LogP contribution in [0.3, 0.4) is 0 Å². The Bertz CT molecular complexity index is 1230. The molecule has 4 aromatic rings. The van der Waals surface area contributed by atoms with Gasteiger partial charge in [0.05, 0.1) is 17.9 Å². The molecule has 1 saturated heterocycles. The van der Waals surface area contributed by atoms with Gasteiger partial charge in [0.1, 0.15) is 11.6 Å². The normalized spacial score (nSPS) is 15.0. The average molecular weight is 518 g/mol. The van der Waals surface area contributed by atoms with Gasteiger partial charge in [0, 0.05) is 57.6 Å². The molecule has 1 aliphatic heterocycles. The van der Waals surface area contributed by atoms with E-state index in [4.69, 9.17) is 17.3 Å². The fourth-order valence-corrected chi connectivity index (χ4v) is 3.93. The first kappa shape index (κ1) is 26.1. The lowest BCUT2D eigenvalue weighted by Gasteiger charge is -2.09. The maximum atomic E-state index is 14.0. The van der Waals surface area contributed by atoms with E-state index in [-0.39, 0.29) is 43.0 Å². The van der Waals surface area contributed by atoms with Gasteiger partial charge in [-0.3, -0.25) is 9.67 Å². The average Bonchev–Trinajstić information content (AvgIpc) is 3.43. The van der Waals surface area contributed by atoms with Crippen molar-refractivity contribution < 1.29 is 4.39 Å². The first-order valence-corrected chi connectivity index (χ1v) is 9.73. The molecule has 1 atom stereocenters. The summed E-state index contributed by atoms with van der Waals surface area (Å²) in [5.41, 5.74) is 9.22. The number of nitrogens with two attached hydrogens (primary N) is 1. The number of pyridine rings is 2. The molecule has 1 aromatic carbocycles. The maximum absolute atomic E-state index is 14.0. The van der Waals surface area contributed by atoms with E-state index in [0.29, 0.717) is 38.9 Å². The number of aromatic nitrogens is 4. The molecule has 0 bridgehead atoms. The van der Waals surface area contributed by atoms with Crippen LogP contribution in [0.2, 0.25) is 5.02 Å². The van der Waals surface area contributed by atoms with Crippen LogP contribution in [0, 0.1) is 5.82 Å². The molecule has 170 valence electrons. The lowest BCUT2D eigenvalue weighted by atomic mass is 10.0. The standard InChI is InChI=1S/C21H18ClFN6.3ClH/c22-18-1-2-19(23)17-10-26-20(6-15(17)18)16-5-12(7-27-21(16)24)13-8-28-29(11-13)14-3-4-25-9-14;;;/h1-2,5-8,10-11,14,25H,3-4,9H2,(H2,24,27);3*1H/t14-;;;/m0.../s1. The zero-order chi connectivity index (χ0) is 20.0. The van der Waals surface area contributed by atoms with E-state index in [1.165, 1.54) is 18.3 Å². The summed E-state index contributed by atoms with van der Waals surface area (Å²) in [6, 6.07) is 6.90. The van der Waals surface area contributed by atoms with E-state index < -0.39 is 0 Å². The highest BCUT2D eigenvalue weighted by Gasteiger charge is 2.18. The molecule has 11 heteroatoms. The number of halogens is 5. The summed E-state index contributed by atoms with van der Waals surface area (Å²) >= 11 is 6.26. The van der Waals surface area contributed by atoms with Crippen LogP contribution >= 0.6 is 48.8 Å². The Morgan fingerprint density at radius 3 is 2.59 bits per heavy atom. The fourth-order valence-electron chi connectivity index (χ4n) is 3.71. The van der Waals surface area contributed by atoms with E-state index in [1.807, 2.05) is 23.1 Å². The van der Waals surface area contributed by atoms with Crippen LogP contribution in [0.1, 0.15) is 12.5 Å². The summed E-state index contributed by atoms with van der Waals surface area (Å²) in [5, 5.41) is 9.26. The van der Waals surface area contributed by atoms with E-state index in [0.717, 1.165) is 30.6 Å². The van der Waals surface area contributed by atoms with Crippen molar-refractivity contribution in [1.29, 1.82) is 0 Å². The molecule has 0 unspecified atom stereocenters.